The van der Waals surface area contributed by atoms with Gasteiger partial charge in [-0.05, 0) is 43.4 Å². The van der Waals surface area contributed by atoms with E-state index in [0.29, 0.717) is 12.0 Å². The van der Waals surface area contributed by atoms with Gasteiger partial charge in [-0.2, -0.15) is 8.78 Å². The first kappa shape index (κ1) is 16.2. The van der Waals surface area contributed by atoms with Crippen LogP contribution < -0.4 is 10.1 Å². The molecule has 3 atom stereocenters. The van der Waals surface area contributed by atoms with Gasteiger partial charge in [0.2, 0.25) is 0 Å². The van der Waals surface area contributed by atoms with Crippen LogP contribution in [0.1, 0.15) is 38.3 Å². The van der Waals surface area contributed by atoms with Crippen molar-refractivity contribution in [1.29, 1.82) is 0 Å². The molecule has 1 aliphatic rings. The van der Waals surface area contributed by atoms with Gasteiger partial charge in [0, 0.05) is 19.2 Å². The summed E-state index contributed by atoms with van der Waals surface area (Å²) in [5.74, 6) is 0.745. The molecule has 2 rings (SSSR count). The van der Waals surface area contributed by atoms with E-state index in [2.05, 4.69) is 23.9 Å². The van der Waals surface area contributed by atoms with Gasteiger partial charge in [-0.3, -0.25) is 0 Å². The molecule has 1 aliphatic heterocycles. The third-order valence-corrected chi connectivity index (χ3v) is 4.04. The highest BCUT2D eigenvalue weighted by molar-refractivity contribution is 5.28. The molecule has 21 heavy (non-hydrogen) atoms. The fourth-order valence-corrected chi connectivity index (χ4v) is 2.76. The van der Waals surface area contributed by atoms with Crippen molar-refractivity contribution in [2.24, 2.45) is 5.92 Å². The van der Waals surface area contributed by atoms with Crippen LogP contribution in [-0.2, 0) is 4.74 Å². The van der Waals surface area contributed by atoms with Gasteiger partial charge in [-0.25, -0.2) is 0 Å². The molecular weight excluding hydrogens is 276 g/mol. The van der Waals surface area contributed by atoms with E-state index >= 15 is 0 Å². The number of hydrogen-bond acceptors (Lipinski definition) is 3. The lowest BCUT2D eigenvalue weighted by Crippen LogP contribution is -2.30. The number of halogens is 2. The van der Waals surface area contributed by atoms with E-state index in [4.69, 9.17) is 4.74 Å². The van der Waals surface area contributed by atoms with Gasteiger partial charge in [0.25, 0.3) is 0 Å². The van der Waals surface area contributed by atoms with Crippen molar-refractivity contribution >= 4 is 0 Å². The average Bonchev–Trinajstić information content (AvgIpc) is 2.92. The maximum Gasteiger partial charge on any atom is 0.387 e. The lowest BCUT2D eigenvalue weighted by atomic mass is 9.98. The second-order valence-electron chi connectivity index (χ2n) is 5.44. The lowest BCUT2D eigenvalue weighted by molar-refractivity contribution is -0.0498. The normalized spacial score (nSPS) is 23.5. The third kappa shape index (κ3) is 4.64. The number of rotatable bonds is 7. The van der Waals surface area contributed by atoms with E-state index in [9.17, 15) is 8.78 Å². The fourth-order valence-electron chi connectivity index (χ4n) is 2.76. The van der Waals surface area contributed by atoms with Crippen LogP contribution in [0.3, 0.4) is 0 Å². The van der Waals surface area contributed by atoms with E-state index < -0.39 is 6.61 Å². The Bertz CT molecular complexity index is 425. The zero-order valence-electron chi connectivity index (χ0n) is 12.5. The van der Waals surface area contributed by atoms with Crippen molar-refractivity contribution in [2.75, 3.05) is 13.2 Å². The predicted molar refractivity (Wildman–Crippen MR) is 77.6 cm³/mol. The van der Waals surface area contributed by atoms with Gasteiger partial charge in [-0.15, -0.1) is 0 Å². The van der Waals surface area contributed by atoms with Crippen LogP contribution in [-0.4, -0.2) is 25.9 Å². The molecule has 1 fully saturated rings. The summed E-state index contributed by atoms with van der Waals surface area (Å²) in [6, 6.07) is 6.96. The van der Waals surface area contributed by atoms with Crippen LogP contribution in [0.2, 0.25) is 0 Å². The topological polar surface area (TPSA) is 30.5 Å². The van der Waals surface area contributed by atoms with Crippen molar-refractivity contribution in [3.63, 3.8) is 0 Å². The first-order valence-electron chi connectivity index (χ1n) is 7.50. The summed E-state index contributed by atoms with van der Waals surface area (Å²) >= 11 is 0. The van der Waals surface area contributed by atoms with Gasteiger partial charge >= 0.3 is 6.61 Å². The highest BCUT2D eigenvalue weighted by atomic mass is 19.3. The lowest BCUT2D eigenvalue weighted by Gasteiger charge is -2.21. The quantitative estimate of drug-likeness (QED) is 0.831. The minimum Gasteiger partial charge on any atom is -0.435 e. The molecule has 0 saturated carbocycles. The Morgan fingerprint density at radius 2 is 2.05 bits per heavy atom. The van der Waals surface area contributed by atoms with Crippen molar-refractivity contribution in [3.8, 4) is 5.75 Å². The minimum atomic E-state index is -2.78. The Morgan fingerprint density at radius 3 is 2.67 bits per heavy atom. The number of ether oxygens (including phenoxy) is 2. The largest absolute Gasteiger partial charge is 0.435 e. The molecule has 1 saturated heterocycles. The monoisotopic (exact) mass is 299 g/mol. The first-order valence-corrected chi connectivity index (χ1v) is 7.50. The van der Waals surface area contributed by atoms with Gasteiger partial charge in [-0.1, -0.05) is 19.1 Å². The van der Waals surface area contributed by atoms with Gasteiger partial charge in [0.15, 0.2) is 0 Å². The number of hydrogen-bond donors (Lipinski definition) is 1. The SMILES string of the molecule is CCC1OCCC1CNC(C)c1ccc(OC(F)F)cc1. The average molecular weight is 299 g/mol. The summed E-state index contributed by atoms with van der Waals surface area (Å²) < 4.78 is 34.2. The Hall–Kier alpha value is -1.20. The number of benzene rings is 1. The Labute approximate surface area is 124 Å². The van der Waals surface area contributed by atoms with Crippen LogP contribution in [0.4, 0.5) is 8.78 Å². The third-order valence-electron chi connectivity index (χ3n) is 4.04. The van der Waals surface area contributed by atoms with Crippen LogP contribution in [0.5, 0.6) is 5.75 Å². The first-order chi connectivity index (χ1) is 10.1. The fraction of sp³-hybridized carbons (Fsp3) is 0.625. The van der Waals surface area contributed by atoms with Gasteiger partial charge in [0.05, 0.1) is 6.10 Å². The molecule has 1 N–H and O–H groups in total. The molecule has 0 amide bonds. The number of nitrogens with one attached hydrogen (secondary N) is 1. The molecule has 0 aliphatic carbocycles. The van der Waals surface area contributed by atoms with E-state index in [1.807, 2.05) is 12.1 Å². The van der Waals surface area contributed by atoms with Crippen molar-refractivity contribution in [3.05, 3.63) is 29.8 Å². The van der Waals surface area contributed by atoms with Crippen LogP contribution in [0.15, 0.2) is 24.3 Å². The smallest absolute Gasteiger partial charge is 0.387 e. The van der Waals surface area contributed by atoms with Crippen LogP contribution in [0, 0.1) is 5.92 Å². The molecule has 0 radical (unpaired) electrons. The van der Waals surface area contributed by atoms with E-state index in [0.717, 1.165) is 31.6 Å². The summed E-state index contributed by atoms with van der Waals surface area (Å²) in [5, 5.41) is 3.50. The standard InChI is InChI=1S/C16H23F2NO2/c1-3-15-13(8-9-20-15)10-19-11(2)12-4-6-14(7-5-12)21-16(17)18/h4-7,11,13,15-16,19H,3,8-10H2,1-2H3. The molecule has 3 unspecified atom stereocenters. The zero-order valence-corrected chi connectivity index (χ0v) is 12.5. The molecule has 5 heteroatoms. The van der Waals surface area contributed by atoms with Crippen LogP contribution >= 0.6 is 0 Å². The van der Waals surface area contributed by atoms with Crippen molar-refractivity contribution < 1.29 is 18.3 Å². The molecule has 1 aromatic rings. The highest BCUT2D eigenvalue weighted by Crippen LogP contribution is 2.24. The summed E-state index contributed by atoms with van der Waals surface area (Å²) in [7, 11) is 0. The molecule has 1 heterocycles. The minimum absolute atomic E-state index is 0.170. The van der Waals surface area contributed by atoms with E-state index in [1.165, 1.54) is 0 Å². The van der Waals surface area contributed by atoms with E-state index in [1.54, 1.807) is 12.1 Å². The molecule has 0 bridgehead atoms. The van der Waals surface area contributed by atoms with Gasteiger partial charge < -0.3 is 14.8 Å². The predicted octanol–water partition coefficient (Wildman–Crippen LogP) is 3.75. The van der Waals surface area contributed by atoms with Crippen LogP contribution in [0.25, 0.3) is 0 Å². The second-order valence-corrected chi connectivity index (χ2v) is 5.44. The van der Waals surface area contributed by atoms with Crippen molar-refractivity contribution in [1.82, 2.24) is 5.32 Å². The van der Waals surface area contributed by atoms with Gasteiger partial charge in [0.1, 0.15) is 5.75 Å². The second kappa shape index (κ2) is 7.71. The molecule has 1 aromatic carbocycles. The molecule has 0 aromatic heterocycles. The molecular formula is C16H23F2NO2. The Balaban J connectivity index is 1.84. The Kier molecular flexibility index (Phi) is 5.94. The zero-order chi connectivity index (χ0) is 15.2. The maximum atomic E-state index is 12.1. The molecule has 3 nitrogen and oxygen atoms in total. The Morgan fingerprint density at radius 1 is 1.33 bits per heavy atom. The molecule has 0 spiro atoms. The molecule has 118 valence electrons. The summed E-state index contributed by atoms with van der Waals surface area (Å²) in [6.07, 6.45) is 2.49. The summed E-state index contributed by atoms with van der Waals surface area (Å²) in [4.78, 5) is 0. The summed E-state index contributed by atoms with van der Waals surface area (Å²) in [6.45, 7) is 3.20. The summed E-state index contributed by atoms with van der Waals surface area (Å²) in [5.41, 5.74) is 1.06. The van der Waals surface area contributed by atoms with E-state index in [-0.39, 0.29) is 11.8 Å². The van der Waals surface area contributed by atoms with Crippen molar-refractivity contribution in [2.45, 2.75) is 45.4 Å². The number of alkyl halides is 2. The maximum absolute atomic E-state index is 12.1. The highest BCUT2D eigenvalue weighted by Gasteiger charge is 2.26.